The summed E-state index contributed by atoms with van der Waals surface area (Å²) in [4.78, 5) is 13.8. The van der Waals surface area contributed by atoms with Gasteiger partial charge >= 0.3 is 13.6 Å². The lowest BCUT2D eigenvalue weighted by atomic mass is 9.70. The minimum atomic E-state index is -3.65. The Hall–Kier alpha value is -0.640. The molecular formula is C22H35O5P. The lowest BCUT2D eigenvalue weighted by Gasteiger charge is -2.42. The molecule has 4 aliphatic carbocycles. The van der Waals surface area contributed by atoms with Crippen LogP contribution in [0.4, 0.5) is 0 Å². The number of fused-ring (bicyclic) bond motifs is 4. The summed E-state index contributed by atoms with van der Waals surface area (Å²) in [5, 5.41) is -1.19. The van der Waals surface area contributed by atoms with Crippen molar-refractivity contribution in [1.82, 2.24) is 0 Å². The maximum absolute atomic E-state index is 13.9. The van der Waals surface area contributed by atoms with Gasteiger partial charge in [0.25, 0.3) is 0 Å². The smallest absolute Gasteiger partial charge is 0.348 e. The van der Waals surface area contributed by atoms with Crippen LogP contribution in [0.25, 0.3) is 0 Å². The molecule has 0 aromatic carbocycles. The average molecular weight is 410 g/mol. The van der Waals surface area contributed by atoms with Gasteiger partial charge in [-0.05, 0) is 63.2 Å². The molecule has 158 valence electrons. The molecule has 4 rings (SSSR count). The highest BCUT2D eigenvalue weighted by Gasteiger charge is 2.69. The number of carbonyl (C=O) groups is 1. The van der Waals surface area contributed by atoms with Crippen molar-refractivity contribution < 1.29 is 23.1 Å². The highest BCUT2D eigenvalue weighted by Crippen LogP contribution is 2.72. The fourth-order valence-electron chi connectivity index (χ4n) is 6.64. The molecule has 0 aromatic rings. The zero-order valence-corrected chi connectivity index (χ0v) is 18.8. The van der Waals surface area contributed by atoms with Crippen LogP contribution in [-0.2, 0) is 23.1 Å². The maximum Gasteiger partial charge on any atom is 0.348 e. The van der Waals surface area contributed by atoms with Gasteiger partial charge in [0.05, 0.1) is 13.2 Å². The molecule has 28 heavy (non-hydrogen) atoms. The Bertz CT molecular complexity index is 720. The molecule has 6 heteroatoms. The summed E-state index contributed by atoms with van der Waals surface area (Å²) in [5.41, 5.74) is 0.131. The van der Waals surface area contributed by atoms with E-state index in [9.17, 15) is 9.36 Å². The van der Waals surface area contributed by atoms with Crippen molar-refractivity contribution in [2.75, 3.05) is 13.2 Å². The molecular weight excluding hydrogens is 375 g/mol. The van der Waals surface area contributed by atoms with Crippen LogP contribution in [0.3, 0.4) is 0 Å². The second-order valence-corrected chi connectivity index (χ2v) is 12.3. The SMILES string of the molecule is CCOP(=O)(OCC)[C@@]1(C(=O)O[C@@H]2C[C@@H]3CC[C@@]2(C)C3(C)C)C[C@@H]2C=C[C@H]1C2. The average Bonchev–Trinajstić information content (AvgIpc) is 3.34. The van der Waals surface area contributed by atoms with Crippen molar-refractivity contribution in [3.63, 3.8) is 0 Å². The summed E-state index contributed by atoms with van der Waals surface area (Å²) >= 11 is 0. The second kappa shape index (κ2) is 6.68. The van der Waals surface area contributed by atoms with E-state index in [0.29, 0.717) is 12.3 Å². The van der Waals surface area contributed by atoms with Gasteiger partial charge in [0.1, 0.15) is 6.10 Å². The standard InChI is InChI=1S/C22H35O5P/c1-6-25-28(24,26-7-2)22(14-15-8-9-17(22)12-15)19(23)27-18-13-16-10-11-21(18,5)20(16,3)4/h8-9,15-18H,6-7,10-14H2,1-5H3/t15-,16+,17+,18-,21-,22+/m1/s1. The molecule has 0 spiro atoms. The van der Waals surface area contributed by atoms with E-state index in [1.807, 2.05) is 6.08 Å². The molecule has 0 saturated heterocycles. The third-order valence-corrected chi connectivity index (χ3v) is 11.6. The zero-order chi connectivity index (χ0) is 20.4. The number of hydrogen-bond acceptors (Lipinski definition) is 5. The number of ether oxygens (including phenoxy) is 1. The first-order valence-electron chi connectivity index (χ1n) is 10.9. The molecule has 3 saturated carbocycles. The van der Waals surface area contributed by atoms with Gasteiger partial charge in [-0.3, -0.25) is 9.36 Å². The zero-order valence-electron chi connectivity index (χ0n) is 17.9. The summed E-state index contributed by atoms with van der Waals surface area (Å²) in [5.74, 6) is 0.341. The van der Waals surface area contributed by atoms with E-state index in [2.05, 4.69) is 26.8 Å². The van der Waals surface area contributed by atoms with Gasteiger partial charge in [-0.2, -0.15) is 0 Å². The van der Waals surface area contributed by atoms with Crippen molar-refractivity contribution in [2.45, 2.75) is 78.0 Å². The minimum Gasteiger partial charge on any atom is -0.461 e. The Morgan fingerprint density at radius 3 is 2.21 bits per heavy atom. The van der Waals surface area contributed by atoms with Gasteiger partial charge in [-0.15, -0.1) is 0 Å². The van der Waals surface area contributed by atoms with Crippen molar-refractivity contribution in [3.05, 3.63) is 12.2 Å². The number of carbonyl (C=O) groups excluding carboxylic acids is 1. The van der Waals surface area contributed by atoms with Crippen molar-refractivity contribution >= 4 is 13.6 Å². The highest BCUT2D eigenvalue weighted by molar-refractivity contribution is 7.56. The van der Waals surface area contributed by atoms with Gasteiger partial charge < -0.3 is 13.8 Å². The number of esters is 1. The van der Waals surface area contributed by atoms with Gasteiger partial charge in [0.15, 0.2) is 5.16 Å². The second-order valence-electron chi connectivity index (χ2n) is 9.95. The Labute approximate surface area is 169 Å². The number of allylic oxidation sites excluding steroid dienone is 2. The lowest BCUT2D eigenvalue weighted by Crippen LogP contribution is -2.48. The van der Waals surface area contributed by atoms with Crippen LogP contribution in [0.2, 0.25) is 0 Å². The molecule has 0 N–H and O–H groups in total. The summed E-state index contributed by atoms with van der Waals surface area (Å²) in [6.45, 7) is 11.0. The molecule has 0 aromatic heterocycles. The Morgan fingerprint density at radius 1 is 1.11 bits per heavy atom. The Kier molecular flexibility index (Phi) is 4.92. The van der Waals surface area contributed by atoms with Crippen molar-refractivity contribution in [2.24, 2.45) is 28.6 Å². The van der Waals surface area contributed by atoms with Crippen LogP contribution in [0, 0.1) is 28.6 Å². The molecule has 4 bridgehead atoms. The third-order valence-electron chi connectivity index (χ3n) is 8.76. The van der Waals surface area contributed by atoms with E-state index in [1.165, 1.54) is 6.42 Å². The van der Waals surface area contributed by atoms with E-state index in [1.54, 1.807) is 13.8 Å². The first-order chi connectivity index (χ1) is 13.1. The molecule has 0 unspecified atom stereocenters. The van der Waals surface area contributed by atoms with E-state index in [4.69, 9.17) is 13.8 Å². The first kappa shape index (κ1) is 20.6. The fraction of sp³-hybridized carbons (Fsp3) is 0.864. The summed E-state index contributed by atoms with van der Waals surface area (Å²) < 4.78 is 31.6. The van der Waals surface area contributed by atoms with Crippen molar-refractivity contribution in [1.29, 1.82) is 0 Å². The van der Waals surface area contributed by atoms with Crippen LogP contribution < -0.4 is 0 Å². The normalized spacial score (nSPS) is 43.0. The molecule has 0 amide bonds. The van der Waals surface area contributed by atoms with E-state index >= 15 is 0 Å². The summed E-state index contributed by atoms with van der Waals surface area (Å²) in [7, 11) is -3.65. The predicted molar refractivity (Wildman–Crippen MR) is 108 cm³/mol. The Balaban J connectivity index is 1.66. The topological polar surface area (TPSA) is 61.8 Å². The summed E-state index contributed by atoms with van der Waals surface area (Å²) in [6, 6.07) is 0. The third kappa shape index (κ3) is 2.51. The highest BCUT2D eigenvalue weighted by atomic mass is 31.2. The molecule has 6 atom stereocenters. The Morgan fingerprint density at radius 2 is 1.79 bits per heavy atom. The maximum atomic E-state index is 13.9. The minimum absolute atomic E-state index is 0.0246. The van der Waals surface area contributed by atoms with Crippen LogP contribution in [0.15, 0.2) is 12.2 Å². The van der Waals surface area contributed by atoms with Gasteiger partial charge in [0, 0.05) is 11.3 Å². The molecule has 0 heterocycles. The molecule has 4 aliphatic rings. The monoisotopic (exact) mass is 410 g/mol. The van der Waals surface area contributed by atoms with Crippen LogP contribution in [0.5, 0.6) is 0 Å². The molecule has 0 radical (unpaired) electrons. The van der Waals surface area contributed by atoms with Crippen LogP contribution >= 0.6 is 7.60 Å². The number of rotatable bonds is 7. The lowest BCUT2D eigenvalue weighted by molar-refractivity contribution is -0.161. The molecule has 3 fully saturated rings. The molecule has 5 nitrogen and oxygen atoms in total. The molecule has 0 aliphatic heterocycles. The van der Waals surface area contributed by atoms with E-state index in [-0.39, 0.29) is 48.0 Å². The van der Waals surface area contributed by atoms with Crippen LogP contribution in [0.1, 0.15) is 66.7 Å². The predicted octanol–water partition coefficient (Wildman–Crippen LogP) is 5.35. The van der Waals surface area contributed by atoms with Gasteiger partial charge in [0.2, 0.25) is 0 Å². The van der Waals surface area contributed by atoms with E-state index in [0.717, 1.165) is 19.3 Å². The van der Waals surface area contributed by atoms with Crippen LogP contribution in [-0.4, -0.2) is 30.4 Å². The van der Waals surface area contributed by atoms with Gasteiger partial charge in [-0.1, -0.05) is 32.9 Å². The van der Waals surface area contributed by atoms with Gasteiger partial charge in [-0.25, -0.2) is 0 Å². The largest absolute Gasteiger partial charge is 0.461 e. The van der Waals surface area contributed by atoms with E-state index < -0.39 is 12.8 Å². The number of hydrogen-bond donors (Lipinski definition) is 0. The van der Waals surface area contributed by atoms with Crippen molar-refractivity contribution in [3.8, 4) is 0 Å². The first-order valence-corrected chi connectivity index (χ1v) is 12.5. The summed E-state index contributed by atoms with van der Waals surface area (Å²) in [6.07, 6.45) is 8.57. The fourth-order valence-corrected chi connectivity index (χ4v) is 9.19. The quantitative estimate of drug-likeness (QED) is 0.322.